The van der Waals surface area contributed by atoms with Crippen LogP contribution in [-0.2, 0) is 9.59 Å². The van der Waals surface area contributed by atoms with Crippen LogP contribution in [0.2, 0.25) is 15.1 Å². The molecule has 6 nitrogen and oxygen atoms in total. The van der Waals surface area contributed by atoms with Gasteiger partial charge in [0, 0.05) is 32.0 Å². The van der Waals surface area contributed by atoms with E-state index in [1.165, 1.54) is 0 Å². The number of hydrogen-bond donors (Lipinski definition) is 2. The van der Waals surface area contributed by atoms with E-state index >= 15 is 0 Å². The Hall–Kier alpha value is -3.03. The molecule has 2 N–H and O–H groups in total. The maximum Gasteiger partial charge on any atom is 0.283 e. The van der Waals surface area contributed by atoms with Crippen LogP contribution in [0.15, 0.2) is 77.5 Å². The number of carbonyl (C=O) groups excluding carboxylic acids is 3. The molecule has 0 atom stereocenters. The molecule has 0 fully saturated rings. The Morgan fingerprint density at radius 1 is 0.697 bits per heavy atom. The molecule has 1 aliphatic rings. The quantitative estimate of drug-likeness (QED) is 0.385. The highest BCUT2D eigenvalue weighted by atomic mass is 35.5. The molecule has 33 heavy (non-hydrogen) atoms. The number of anilines is 3. The van der Waals surface area contributed by atoms with Crippen LogP contribution in [-0.4, -0.2) is 17.7 Å². The van der Waals surface area contributed by atoms with Crippen molar-refractivity contribution in [2.75, 3.05) is 15.5 Å². The van der Waals surface area contributed by atoms with E-state index in [0.717, 1.165) is 4.90 Å². The standard InChI is InChI=1S/C23H13Cl4N3O3/c24-13-3-7-18(8-4-13)30-22(32)19(27)20(23(30)33)28-16-5-1-12(2-6-16)21(31)29-17-10-14(25)9-15(26)11-17/h1-11,28H,(H,29,31). The van der Waals surface area contributed by atoms with Gasteiger partial charge in [0.2, 0.25) is 0 Å². The van der Waals surface area contributed by atoms with Crippen molar-refractivity contribution in [1.29, 1.82) is 0 Å². The smallest absolute Gasteiger partial charge is 0.283 e. The highest BCUT2D eigenvalue weighted by molar-refractivity contribution is 6.53. The summed E-state index contributed by atoms with van der Waals surface area (Å²) in [6, 6.07) is 17.2. The van der Waals surface area contributed by atoms with Crippen LogP contribution in [0, 0.1) is 0 Å². The van der Waals surface area contributed by atoms with E-state index in [0.29, 0.717) is 37.7 Å². The van der Waals surface area contributed by atoms with E-state index in [1.807, 2.05) is 0 Å². The number of amides is 3. The monoisotopic (exact) mass is 519 g/mol. The first-order valence-electron chi connectivity index (χ1n) is 9.41. The van der Waals surface area contributed by atoms with Gasteiger partial charge in [0.15, 0.2) is 0 Å². The van der Waals surface area contributed by atoms with Gasteiger partial charge in [0.05, 0.1) is 5.69 Å². The number of carbonyl (C=O) groups is 3. The SMILES string of the molecule is O=C(Nc1cc(Cl)cc(Cl)c1)c1ccc(NC2=C(Cl)C(=O)N(c3ccc(Cl)cc3)C2=O)cc1. The van der Waals surface area contributed by atoms with E-state index in [9.17, 15) is 14.4 Å². The Kier molecular flexibility index (Phi) is 6.63. The van der Waals surface area contributed by atoms with Crippen LogP contribution in [0.4, 0.5) is 17.1 Å². The van der Waals surface area contributed by atoms with Gasteiger partial charge >= 0.3 is 0 Å². The van der Waals surface area contributed by atoms with Gasteiger partial charge in [-0.05, 0) is 66.7 Å². The predicted octanol–water partition coefficient (Wildman–Crippen LogP) is 6.33. The lowest BCUT2D eigenvalue weighted by atomic mass is 10.2. The van der Waals surface area contributed by atoms with Crippen molar-refractivity contribution in [3.05, 3.63) is 98.1 Å². The summed E-state index contributed by atoms with van der Waals surface area (Å²) >= 11 is 23.9. The molecule has 0 bridgehead atoms. The third-order valence-electron chi connectivity index (χ3n) is 4.65. The molecule has 0 radical (unpaired) electrons. The molecule has 0 unspecified atom stereocenters. The van der Waals surface area contributed by atoms with Crippen molar-refractivity contribution < 1.29 is 14.4 Å². The number of rotatable bonds is 5. The van der Waals surface area contributed by atoms with Crippen LogP contribution < -0.4 is 15.5 Å². The number of imide groups is 1. The molecule has 4 rings (SSSR count). The van der Waals surface area contributed by atoms with Gasteiger partial charge in [-0.25, -0.2) is 4.90 Å². The maximum absolute atomic E-state index is 12.8. The fraction of sp³-hybridized carbons (Fsp3) is 0. The predicted molar refractivity (Wildman–Crippen MR) is 131 cm³/mol. The van der Waals surface area contributed by atoms with Crippen molar-refractivity contribution in [3.8, 4) is 0 Å². The van der Waals surface area contributed by atoms with E-state index in [1.54, 1.807) is 66.7 Å². The molecular formula is C23H13Cl4N3O3. The lowest BCUT2D eigenvalue weighted by Gasteiger charge is -2.15. The second kappa shape index (κ2) is 9.45. The summed E-state index contributed by atoms with van der Waals surface area (Å²) in [6.45, 7) is 0. The highest BCUT2D eigenvalue weighted by Gasteiger charge is 2.38. The van der Waals surface area contributed by atoms with Crippen LogP contribution >= 0.6 is 46.4 Å². The van der Waals surface area contributed by atoms with Crippen LogP contribution in [0.5, 0.6) is 0 Å². The molecule has 3 aromatic rings. The van der Waals surface area contributed by atoms with Crippen molar-refractivity contribution in [2.24, 2.45) is 0 Å². The second-order valence-electron chi connectivity index (χ2n) is 6.93. The van der Waals surface area contributed by atoms with Crippen LogP contribution in [0.25, 0.3) is 0 Å². The first kappa shape index (κ1) is 23.1. The minimum atomic E-state index is -0.650. The van der Waals surface area contributed by atoms with Gasteiger partial charge in [-0.2, -0.15) is 0 Å². The molecule has 166 valence electrons. The largest absolute Gasteiger partial charge is 0.350 e. The minimum Gasteiger partial charge on any atom is -0.350 e. The molecule has 0 spiro atoms. The number of nitrogens with one attached hydrogen (secondary N) is 2. The molecule has 0 aliphatic carbocycles. The van der Waals surface area contributed by atoms with Crippen LogP contribution in [0.1, 0.15) is 10.4 Å². The topological polar surface area (TPSA) is 78.5 Å². The summed E-state index contributed by atoms with van der Waals surface area (Å²) in [6.07, 6.45) is 0. The number of halogens is 4. The van der Waals surface area contributed by atoms with Crippen molar-refractivity contribution in [3.63, 3.8) is 0 Å². The molecular weight excluding hydrogens is 508 g/mol. The Labute approximate surface area is 208 Å². The summed E-state index contributed by atoms with van der Waals surface area (Å²) in [5, 5.41) is 6.58. The van der Waals surface area contributed by atoms with Gasteiger partial charge in [-0.1, -0.05) is 46.4 Å². The zero-order chi connectivity index (χ0) is 23.7. The van der Waals surface area contributed by atoms with Gasteiger partial charge in [0.1, 0.15) is 10.7 Å². The number of benzene rings is 3. The molecule has 0 aromatic heterocycles. The lowest BCUT2D eigenvalue weighted by Crippen LogP contribution is -2.32. The van der Waals surface area contributed by atoms with Crippen molar-refractivity contribution >= 4 is 81.2 Å². The van der Waals surface area contributed by atoms with E-state index in [4.69, 9.17) is 46.4 Å². The highest BCUT2D eigenvalue weighted by Crippen LogP contribution is 2.31. The minimum absolute atomic E-state index is 0.0672. The molecule has 1 aliphatic heterocycles. The van der Waals surface area contributed by atoms with Gasteiger partial charge in [-0.3, -0.25) is 14.4 Å². The maximum atomic E-state index is 12.8. The van der Waals surface area contributed by atoms with Crippen LogP contribution in [0.3, 0.4) is 0 Å². The van der Waals surface area contributed by atoms with Gasteiger partial charge in [0.25, 0.3) is 17.7 Å². The lowest BCUT2D eigenvalue weighted by molar-refractivity contribution is -0.120. The fourth-order valence-corrected chi connectivity index (χ4v) is 3.98. The third-order valence-corrected chi connectivity index (χ3v) is 5.69. The van der Waals surface area contributed by atoms with Crippen molar-refractivity contribution in [1.82, 2.24) is 0 Å². The Bertz CT molecular complexity index is 1290. The summed E-state index contributed by atoms with van der Waals surface area (Å²) < 4.78 is 0. The zero-order valence-electron chi connectivity index (χ0n) is 16.5. The first-order valence-corrected chi connectivity index (χ1v) is 10.9. The molecule has 0 saturated carbocycles. The number of nitrogens with zero attached hydrogens (tertiary/aromatic N) is 1. The normalized spacial score (nSPS) is 13.5. The third kappa shape index (κ3) is 4.99. The number of hydrogen-bond acceptors (Lipinski definition) is 4. The zero-order valence-corrected chi connectivity index (χ0v) is 19.6. The average molecular weight is 521 g/mol. The van der Waals surface area contributed by atoms with E-state index < -0.39 is 11.8 Å². The summed E-state index contributed by atoms with van der Waals surface area (Å²) in [5.41, 5.74) is 1.55. The van der Waals surface area contributed by atoms with E-state index in [-0.39, 0.29) is 16.6 Å². The fourth-order valence-electron chi connectivity index (χ4n) is 3.11. The summed E-state index contributed by atoms with van der Waals surface area (Å²) in [5.74, 6) is -1.63. The molecule has 3 amide bonds. The molecule has 1 heterocycles. The van der Waals surface area contributed by atoms with Crippen molar-refractivity contribution in [2.45, 2.75) is 0 Å². The Balaban J connectivity index is 1.48. The molecule has 3 aromatic carbocycles. The Morgan fingerprint density at radius 3 is 1.91 bits per heavy atom. The summed E-state index contributed by atoms with van der Waals surface area (Å²) in [7, 11) is 0. The Morgan fingerprint density at radius 2 is 1.30 bits per heavy atom. The van der Waals surface area contributed by atoms with Gasteiger partial charge < -0.3 is 10.6 Å². The average Bonchev–Trinajstić information content (AvgIpc) is 2.97. The first-order chi connectivity index (χ1) is 15.7. The van der Waals surface area contributed by atoms with Gasteiger partial charge in [-0.15, -0.1) is 0 Å². The molecule has 10 heteroatoms. The summed E-state index contributed by atoms with van der Waals surface area (Å²) in [4.78, 5) is 38.8. The molecule has 0 saturated heterocycles. The second-order valence-corrected chi connectivity index (χ2v) is 8.61. The van der Waals surface area contributed by atoms with E-state index in [2.05, 4.69) is 10.6 Å².